The molecule has 0 aliphatic heterocycles. The van der Waals surface area contributed by atoms with Gasteiger partial charge in [0.2, 0.25) is 0 Å². The fraction of sp³-hybridized carbons (Fsp3) is 0.667. The summed E-state index contributed by atoms with van der Waals surface area (Å²) in [5, 5.41) is 13.0. The number of hydrogen-bond acceptors (Lipinski definition) is 5. The van der Waals surface area contributed by atoms with Gasteiger partial charge in [0.1, 0.15) is 11.1 Å². The Labute approximate surface area is 136 Å². The largest absolute Gasteiger partial charge is 0.433 e. The maximum absolute atomic E-state index is 12.9. The van der Waals surface area contributed by atoms with Crippen molar-refractivity contribution in [1.82, 2.24) is 0 Å². The van der Waals surface area contributed by atoms with E-state index >= 15 is 0 Å². The molecule has 1 aliphatic carbocycles. The van der Waals surface area contributed by atoms with Crippen molar-refractivity contribution < 1.29 is 13.6 Å². The van der Waals surface area contributed by atoms with Crippen LogP contribution >= 0.6 is 19.1 Å². The Morgan fingerprint density at radius 3 is 2.32 bits per heavy atom. The van der Waals surface area contributed by atoms with E-state index in [9.17, 15) is 9.83 Å². The van der Waals surface area contributed by atoms with Crippen molar-refractivity contribution in [3.8, 4) is 6.07 Å². The molecule has 1 heterocycles. The van der Waals surface area contributed by atoms with Gasteiger partial charge in [-0.2, -0.15) is 5.26 Å². The second kappa shape index (κ2) is 7.14. The zero-order valence-electron chi connectivity index (χ0n) is 13.5. The molecule has 2 rings (SSSR count). The van der Waals surface area contributed by atoms with Gasteiger partial charge in [-0.3, -0.25) is 14.1 Å². The van der Waals surface area contributed by atoms with Crippen LogP contribution in [0.5, 0.6) is 0 Å². The minimum absolute atomic E-state index is 0.239. The third kappa shape index (κ3) is 4.11. The van der Waals surface area contributed by atoms with Crippen LogP contribution < -0.4 is 5.09 Å². The molecular formula is C15H23N2O3PS. The van der Waals surface area contributed by atoms with Crippen molar-refractivity contribution in [3.63, 3.8) is 0 Å². The number of nitrogens with one attached hydrogen (secondary N) is 1. The molecule has 0 bridgehead atoms. The summed E-state index contributed by atoms with van der Waals surface area (Å²) >= 11 is 1.50. The molecule has 0 radical (unpaired) electrons. The molecule has 1 aliphatic rings. The first-order valence-electron chi connectivity index (χ1n) is 7.64. The van der Waals surface area contributed by atoms with Crippen LogP contribution in [0, 0.1) is 11.3 Å². The van der Waals surface area contributed by atoms with E-state index < -0.39 is 7.75 Å². The van der Waals surface area contributed by atoms with Gasteiger partial charge in [-0.1, -0.05) is 0 Å². The Morgan fingerprint density at radius 1 is 1.18 bits per heavy atom. The average Bonchev–Trinajstić information content (AvgIpc) is 2.72. The smallest absolute Gasteiger partial charge is 0.290 e. The summed E-state index contributed by atoms with van der Waals surface area (Å²) < 4.78 is 23.9. The number of hydrogen-bond donors (Lipinski definition) is 1. The number of nitrogens with zero attached hydrogens (tertiary/aromatic N) is 1. The van der Waals surface area contributed by atoms with Crippen LogP contribution in [0.25, 0.3) is 0 Å². The molecule has 0 aromatic carbocycles. The van der Waals surface area contributed by atoms with Gasteiger partial charge < -0.3 is 0 Å². The predicted octanol–water partition coefficient (Wildman–Crippen LogP) is 4.87. The Morgan fingerprint density at radius 2 is 1.77 bits per heavy atom. The molecule has 5 nitrogen and oxygen atoms in total. The maximum atomic E-state index is 12.9. The first kappa shape index (κ1) is 17.5. The highest BCUT2D eigenvalue weighted by Gasteiger charge is 2.31. The molecule has 0 fully saturated rings. The van der Waals surface area contributed by atoms with Crippen LogP contribution in [0.2, 0.25) is 0 Å². The number of fused-ring (bicyclic) bond motifs is 1. The van der Waals surface area contributed by atoms with Crippen molar-refractivity contribution in [2.45, 2.75) is 65.6 Å². The lowest BCUT2D eigenvalue weighted by molar-refractivity contribution is 0.146. The second-order valence-electron chi connectivity index (χ2n) is 5.94. The third-order valence-electron chi connectivity index (χ3n) is 3.22. The summed E-state index contributed by atoms with van der Waals surface area (Å²) in [4.78, 5) is 1.21. The van der Waals surface area contributed by atoms with E-state index in [0.717, 1.165) is 31.2 Å². The molecule has 1 N–H and O–H groups in total. The molecular weight excluding hydrogens is 319 g/mol. The second-order valence-corrected chi connectivity index (χ2v) is 8.69. The number of anilines is 1. The van der Waals surface area contributed by atoms with Crippen molar-refractivity contribution in [3.05, 3.63) is 16.0 Å². The normalized spacial score (nSPS) is 15.0. The van der Waals surface area contributed by atoms with Gasteiger partial charge in [0, 0.05) is 4.88 Å². The lowest BCUT2D eigenvalue weighted by Gasteiger charge is -2.23. The van der Waals surface area contributed by atoms with Gasteiger partial charge in [-0.15, -0.1) is 11.3 Å². The van der Waals surface area contributed by atoms with Gasteiger partial charge >= 0.3 is 7.75 Å². The summed E-state index contributed by atoms with van der Waals surface area (Å²) in [5.74, 6) is 0. The number of thiophene rings is 1. The summed E-state index contributed by atoms with van der Waals surface area (Å²) in [6, 6.07) is 2.25. The molecule has 1 aromatic heterocycles. The molecule has 0 spiro atoms. The molecule has 7 heteroatoms. The topological polar surface area (TPSA) is 71.3 Å². The van der Waals surface area contributed by atoms with E-state index in [1.807, 2.05) is 27.7 Å². The Bertz CT molecular complexity index is 605. The van der Waals surface area contributed by atoms with E-state index in [0.29, 0.717) is 10.6 Å². The van der Waals surface area contributed by atoms with Gasteiger partial charge in [-0.05, 0) is 58.9 Å². The van der Waals surface area contributed by atoms with E-state index in [-0.39, 0.29) is 12.2 Å². The lowest BCUT2D eigenvalue weighted by Crippen LogP contribution is -2.13. The van der Waals surface area contributed by atoms with Crippen LogP contribution in [0.3, 0.4) is 0 Å². The number of rotatable bonds is 6. The molecule has 0 saturated heterocycles. The zero-order valence-corrected chi connectivity index (χ0v) is 15.2. The van der Waals surface area contributed by atoms with Crippen LogP contribution in [0.15, 0.2) is 0 Å². The molecule has 0 atom stereocenters. The number of aryl methyl sites for hydroxylation is 1. The third-order valence-corrected chi connectivity index (χ3v) is 6.48. The molecule has 1 aromatic rings. The van der Waals surface area contributed by atoms with Crippen molar-refractivity contribution >= 4 is 24.1 Å². The van der Waals surface area contributed by atoms with Crippen LogP contribution in [0.1, 0.15) is 56.5 Å². The Balaban J connectivity index is 2.32. The predicted molar refractivity (Wildman–Crippen MR) is 89.3 cm³/mol. The Hall–Kier alpha value is -0.860. The van der Waals surface area contributed by atoms with Gasteiger partial charge in [0.05, 0.1) is 17.8 Å². The highest BCUT2D eigenvalue weighted by molar-refractivity contribution is 7.56. The highest BCUT2D eigenvalue weighted by Crippen LogP contribution is 2.53. The monoisotopic (exact) mass is 342 g/mol. The van der Waals surface area contributed by atoms with Crippen molar-refractivity contribution in [2.75, 3.05) is 5.09 Å². The van der Waals surface area contributed by atoms with Crippen molar-refractivity contribution in [1.29, 1.82) is 5.26 Å². The van der Waals surface area contributed by atoms with Crippen LogP contribution in [0.4, 0.5) is 5.00 Å². The quantitative estimate of drug-likeness (QED) is 0.747. The fourth-order valence-electron chi connectivity index (χ4n) is 2.52. The first-order chi connectivity index (χ1) is 10.3. The van der Waals surface area contributed by atoms with E-state index in [2.05, 4.69) is 11.2 Å². The molecule has 0 amide bonds. The van der Waals surface area contributed by atoms with E-state index in [1.165, 1.54) is 16.2 Å². The molecule has 22 heavy (non-hydrogen) atoms. The van der Waals surface area contributed by atoms with Gasteiger partial charge in [0.15, 0.2) is 0 Å². The standard InChI is InChI=1S/C15H23N2O3PS/c1-10(2)19-21(18,20-11(3)4)17-15-13(9-16)12-7-5-6-8-14(12)22-15/h10-11H,5-8H2,1-4H3,(H,17,18). The molecule has 0 unspecified atom stereocenters. The van der Waals surface area contributed by atoms with Crippen molar-refractivity contribution in [2.24, 2.45) is 0 Å². The average molecular weight is 342 g/mol. The van der Waals surface area contributed by atoms with E-state index in [1.54, 1.807) is 0 Å². The minimum Gasteiger partial charge on any atom is -0.290 e. The lowest BCUT2D eigenvalue weighted by atomic mass is 9.96. The van der Waals surface area contributed by atoms with Gasteiger partial charge in [0.25, 0.3) is 0 Å². The summed E-state index contributed by atoms with van der Waals surface area (Å²) in [6.45, 7) is 7.23. The van der Waals surface area contributed by atoms with Gasteiger partial charge in [-0.25, -0.2) is 4.57 Å². The highest BCUT2D eigenvalue weighted by atomic mass is 32.1. The molecule has 122 valence electrons. The number of nitriles is 1. The Kier molecular flexibility index (Phi) is 5.68. The summed E-state index contributed by atoms with van der Waals surface area (Å²) in [6.07, 6.45) is 3.66. The SMILES string of the molecule is CC(C)OP(=O)(Nc1sc2c(c1C#N)CCCC2)OC(C)C. The molecule has 0 saturated carbocycles. The van der Waals surface area contributed by atoms with E-state index in [4.69, 9.17) is 9.05 Å². The van der Waals surface area contributed by atoms with Crippen LogP contribution in [-0.2, 0) is 26.5 Å². The summed E-state index contributed by atoms with van der Waals surface area (Å²) in [7, 11) is -3.49. The zero-order chi connectivity index (χ0) is 16.3. The summed E-state index contributed by atoms with van der Waals surface area (Å²) in [5.41, 5.74) is 1.70. The fourth-order valence-corrected chi connectivity index (χ4v) is 5.75. The minimum atomic E-state index is -3.49. The maximum Gasteiger partial charge on any atom is 0.433 e. The van der Waals surface area contributed by atoms with Crippen LogP contribution in [-0.4, -0.2) is 12.2 Å². The first-order valence-corrected chi connectivity index (χ1v) is 10.0.